The molecular weight excluding hydrogens is 765 g/mol. The van der Waals surface area contributed by atoms with Crippen molar-refractivity contribution in [1.29, 1.82) is 0 Å². The third-order valence-electron chi connectivity index (χ3n) is 8.64. The summed E-state index contributed by atoms with van der Waals surface area (Å²) in [5, 5.41) is 28.9. The van der Waals surface area contributed by atoms with Crippen LogP contribution in [0, 0.1) is 0 Å². The largest absolute Gasteiger partial charge is 0.480 e. The number of carboxylic acid groups (broad SMARTS) is 1. The van der Waals surface area contributed by atoms with Crippen molar-refractivity contribution in [1.82, 2.24) is 0 Å². The normalized spacial score (nSPS) is 15.6. The number of aliphatic carboxylic acids is 1. The van der Waals surface area contributed by atoms with Gasteiger partial charge in [0, 0.05) is 12.8 Å². The highest BCUT2D eigenvalue weighted by molar-refractivity contribution is 7.47. The molecule has 0 aliphatic carbocycles. The molecule has 0 fully saturated rings. The van der Waals surface area contributed by atoms with Crippen LogP contribution in [0.25, 0.3) is 0 Å². The second-order valence-corrected chi connectivity index (χ2v) is 15.6. The van der Waals surface area contributed by atoms with Gasteiger partial charge in [-0.3, -0.25) is 23.4 Å². The number of hydrogen-bond acceptors (Lipinski definition) is 11. The number of phosphoric acid groups is 1. The Hall–Kier alpha value is -3.16. The fraction of sp³-hybridized carbons (Fsp3) is 0.659. The van der Waals surface area contributed by atoms with E-state index in [0.29, 0.717) is 32.1 Å². The zero-order valence-electron chi connectivity index (χ0n) is 35.1. The summed E-state index contributed by atoms with van der Waals surface area (Å²) in [6.07, 6.45) is 37.6. The third-order valence-corrected chi connectivity index (χ3v) is 9.59. The van der Waals surface area contributed by atoms with Gasteiger partial charge in [0.1, 0.15) is 12.6 Å². The Labute approximate surface area is 347 Å². The number of nitrogens with two attached hydrogens (primary N) is 1. The van der Waals surface area contributed by atoms with Gasteiger partial charge in [-0.2, -0.15) is 0 Å². The summed E-state index contributed by atoms with van der Waals surface area (Å²) in [4.78, 5) is 45.9. The molecule has 0 aromatic carbocycles. The van der Waals surface area contributed by atoms with Gasteiger partial charge < -0.3 is 35.4 Å². The first-order valence-electron chi connectivity index (χ1n) is 21.2. The fourth-order valence-corrected chi connectivity index (χ4v) is 6.05. The number of phosphoric ester groups is 1. The van der Waals surface area contributed by atoms with Gasteiger partial charge in [-0.05, 0) is 38.5 Å². The number of esters is 2. The second-order valence-electron chi connectivity index (χ2n) is 14.1. The van der Waals surface area contributed by atoms with Crippen LogP contribution in [-0.4, -0.2) is 82.3 Å². The van der Waals surface area contributed by atoms with Gasteiger partial charge in [0.05, 0.1) is 25.4 Å². The lowest BCUT2D eigenvalue weighted by Crippen LogP contribution is -2.34. The van der Waals surface area contributed by atoms with E-state index < -0.39 is 69.9 Å². The Balaban J connectivity index is 4.66. The first kappa shape index (κ1) is 54.8. The topological polar surface area (TPSA) is 212 Å². The number of aliphatic hydroxyl groups is 2. The van der Waals surface area contributed by atoms with Crippen molar-refractivity contribution in [3.8, 4) is 0 Å². The maximum Gasteiger partial charge on any atom is 0.472 e. The van der Waals surface area contributed by atoms with Gasteiger partial charge in [-0.25, -0.2) is 4.57 Å². The van der Waals surface area contributed by atoms with Crippen molar-refractivity contribution in [3.63, 3.8) is 0 Å². The van der Waals surface area contributed by atoms with Crippen LogP contribution in [0.5, 0.6) is 0 Å². The maximum atomic E-state index is 12.6. The number of carbonyl (C=O) groups excluding carboxylic acids is 2. The number of hydrogen-bond donors (Lipinski definition) is 5. The van der Waals surface area contributed by atoms with Crippen molar-refractivity contribution < 1.29 is 57.7 Å². The predicted octanol–water partition coefficient (Wildman–Crippen LogP) is 8.89. The number of aliphatic hydroxyl groups excluding tert-OH is 2. The molecule has 0 aliphatic heterocycles. The third kappa shape index (κ3) is 37.1. The number of allylic oxidation sites excluding steroid dienone is 8. The zero-order chi connectivity index (χ0) is 43.1. The van der Waals surface area contributed by atoms with Crippen LogP contribution in [0.4, 0.5) is 0 Å². The minimum atomic E-state index is -4.77. The minimum absolute atomic E-state index is 0.0270. The number of unbranched alkanes of at least 4 members (excludes halogenated alkanes) is 13. The number of ether oxygens (including phenoxy) is 2. The molecule has 14 heteroatoms. The van der Waals surface area contributed by atoms with E-state index in [1.165, 1.54) is 57.8 Å². The molecule has 0 rings (SSSR count). The smallest absolute Gasteiger partial charge is 0.472 e. The van der Waals surface area contributed by atoms with Crippen LogP contribution in [-0.2, 0) is 37.5 Å². The molecule has 0 radical (unpaired) electrons. The van der Waals surface area contributed by atoms with Gasteiger partial charge in [-0.15, -0.1) is 0 Å². The van der Waals surface area contributed by atoms with E-state index in [4.69, 9.17) is 24.8 Å². The Morgan fingerprint density at radius 3 is 1.83 bits per heavy atom. The summed E-state index contributed by atoms with van der Waals surface area (Å²) >= 11 is 0. The molecule has 0 bridgehead atoms. The monoisotopic (exact) mass is 839 g/mol. The molecule has 5 atom stereocenters. The van der Waals surface area contributed by atoms with Gasteiger partial charge in [0.25, 0.3) is 0 Å². The van der Waals surface area contributed by atoms with E-state index in [2.05, 4.69) is 11.4 Å². The first-order chi connectivity index (χ1) is 27.9. The average Bonchev–Trinajstić information content (AvgIpc) is 3.19. The molecule has 1 unspecified atom stereocenters. The molecule has 0 spiro atoms. The average molecular weight is 840 g/mol. The second kappa shape index (κ2) is 38.1. The summed E-state index contributed by atoms with van der Waals surface area (Å²) < 4.78 is 32.5. The molecule has 0 amide bonds. The van der Waals surface area contributed by atoms with Crippen molar-refractivity contribution in [2.45, 2.75) is 167 Å². The molecular formula is C44H74NO12P. The first-order valence-corrected chi connectivity index (χ1v) is 22.7. The molecule has 0 aliphatic rings. The molecule has 332 valence electrons. The summed E-state index contributed by atoms with van der Waals surface area (Å²) in [6.45, 7) is 2.40. The van der Waals surface area contributed by atoms with Gasteiger partial charge >= 0.3 is 25.7 Å². The molecule has 0 heterocycles. The van der Waals surface area contributed by atoms with Crippen LogP contribution in [0.2, 0.25) is 0 Å². The van der Waals surface area contributed by atoms with Crippen molar-refractivity contribution >= 4 is 25.7 Å². The molecule has 0 saturated heterocycles. The highest BCUT2D eigenvalue weighted by Crippen LogP contribution is 2.43. The molecule has 13 nitrogen and oxygen atoms in total. The number of carbonyl (C=O) groups is 3. The Morgan fingerprint density at radius 1 is 0.655 bits per heavy atom. The quantitative estimate of drug-likeness (QED) is 0.0129. The lowest BCUT2D eigenvalue weighted by Gasteiger charge is -2.20. The fourth-order valence-electron chi connectivity index (χ4n) is 5.27. The summed E-state index contributed by atoms with van der Waals surface area (Å²) in [5.41, 5.74) is 5.31. The van der Waals surface area contributed by atoms with Gasteiger partial charge in [0.15, 0.2) is 6.10 Å². The van der Waals surface area contributed by atoms with E-state index >= 15 is 0 Å². The van der Waals surface area contributed by atoms with Gasteiger partial charge in [-0.1, -0.05) is 164 Å². The van der Waals surface area contributed by atoms with Crippen LogP contribution < -0.4 is 5.73 Å². The highest BCUT2D eigenvalue weighted by Gasteiger charge is 2.28. The SMILES string of the molecule is CC/C=C\C[C@H](O)/C=C/C=C\C/C=C\C=C\[C@H](O)/C=C\CCCC(=O)O[C@H](COC(=O)CCCCCCCCCCCCCCC)COP(=O)(O)OC[C@H](N)C(=O)O. The van der Waals surface area contributed by atoms with E-state index in [-0.39, 0.29) is 12.8 Å². The Bertz CT molecular complexity index is 1290. The zero-order valence-corrected chi connectivity index (χ0v) is 36.0. The molecule has 0 aromatic heterocycles. The van der Waals surface area contributed by atoms with E-state index in [1.807, 2.05) is 49.5 Å². The van der Waals surface area contributed by atoms with Crippen LogP contribution in [0.3, 0.4) is 0 Å². The van der Waals surface area contributed by atoms with Crippen molar-refractivity contribution in [2.24, 2.45) is 5.73 Å². The van der Waals surface area contributed by atoms with E-state index in [0.717, 1.165) is 25.7 Å². The Morgan fingerprint density at radius 2 is 1.22 bits per heavy atom. The lowest BCUT2D eigenvalue weighted by molar-refractivity contribution is -0.161. The van der Waals surface area contributed by atoms with Crippen LogP contribution in [0.1, 0.15) is 142 Å². The van der Waals surface area contributed by atoms with E-state index in [1.54, 1.807) is 30.4 Å². The molecule has 6 N–H and O–H groups in total. The highest BCUT2D eigenvalue weighted by atomic mass is 31.2. The summed E-state index contributed by atoms with van der Waals surface area (Å²) in [5.74, 6) is -2.60. The van der Waals surface area contributed by atoms with E-state index in [9.17, 15) is 34.1 Å². The minimum Gasteiger partial charge on any atom is -0.480 e. The summed E-state index contributed by atoms with van der Waals surface area (Å²) in [7, 11) is -4.77. The van der Waals surface area contributed by atoms with Gasteiger partial charge in [0.2, 0.25) is 0 Å². The lowest BCUT2D eigenvalue weighted by atomic mass is 10.0. The van der Waals surface area contributed by atoms with Crippen molar-refractivity contribution in [3.05, 3.63) is 72.9 Å². The Kier molecular flexibility index (Phi) is 36.0. The predicted molar refractivity (Wildman–Crippen MR) is 229 cm³/mol. The molecule has 58 heavy (non-hydrogen) atoms. The van der Waals surface area contributed by atoms with Crippen LogP contribution >= 0.6 is 7.82 Å². The molecule has 0 aromatic rings. The van der Waals surface area contributed by atoms with Crippen LogP contribution in [0.15, 0.2) is 72.9 Å². The van der Waals surface area contributed by atoms with Crippen molar-refractivity contribution in [2.75, 3.05) is 19.8 Å². The maximum absolute atomic E-state index is 12.6. The number of carboxylic acids is 1. The molecule has 0 saturated carbocycles. The number of rotatable bonds is 38. The summed E-state index contributed by atoms with van der Waals surface area (Å²) in [6, 6.07) is -1.56. The standard InChI is InChI=1S/C44H74NO12P/c1-3-5-7-8-9-10-11-12-13-14-18-21-27-33-42(48)54-35-40(36-55-58(52,53)56-37-41(45)44(50)51)57-43(49)34-28-22-26-32-39(47)31-25-20-17-15-16-19-24-30-38(46)29-23-6-4-2/h6,16-17,19-20,23-26,30-32,38-41,46-47H,3-5,7-15,18,21-22,27-29,33-37,45H2,1-2H3,(H,50,51)(H,52,53)/b19-16-,20-17-,23-6-,30-24+,31-25+,32-26-/t38-,39-,40+,41-/m0/s1.